The summed E-state index contributed by atoms with van der Waals surface area (Å²) in [6.07, 6.45) is 4.14. The quantitative estimate of drug-likeness (QED) is 0.784. The van der Waals surface area contributed by atoms with Crippen molar-refractivity contribution in [1.82, 2.24) is 9.88 Å². The molecule has 1 amide bonds. The van der Waals surface area contributed by atoms with Gasteiger partial charge in [-0.15, -0.1) is 0 Å². The number of nitrogens with zero attached hydrogens (tertiary/aromatic N) is 2. The van der Waals surface area contributed by atoms with Crippen molar-refractivity contribution in [2.24, 2.45) is 0 Å². The summed E-state index contributed by atoms with van der Waals surface area (Å²) in [6, 6.07) is 7.98. The number of carbonyl (C=O) groups excluding carboxylic acids is 2. The first kappa shape index (κ1) is 18.4. The van der Waals surface area contributed by atoms with Crippen LogP contribution in [0.4, 0.5) is 0 Å². The predicted octanol–water partition coefficient (Wildman–Crippen LogP) is 3.80. The lowest BCUT2D eigenvalue weighted by Crippen LogP contribution is -2.45. The molecule has 2 heterocycles. The van der Waals surface area contributed by atoms with Gasteiger partial charge in [-0.2, -0.15) is 0 Å². The second kappa shape index (κ2) is 7.85. The molecule has 0 spiro atoms. The van der Waals surface area contributed by atoms with Crippen LogP contribution in [0.3, 0.4) is 0 Å². The van der Waals surface area contributed by atoms with Crippen LogP contribution in [0.1, 0.15) is 54.2 Å². The molecule has 1 saturated heterocycles. The second-order valence-electron chi connectivity index (χ2n) is 6.94. The fourth-order valence-electron chi connectivity index (χ4n) is 3.87. The number of pyridine rings is 1. The maximum absolute atomic E-state index is 12.6. The molecule has 0 N–H and O–H groups in total. The third-order valence-electron chi connectivity index (χ3n) is 5.28. The molecule has 2 aromatic rings. The molecule has 0 unspecified atom stereocenters. The maximum Gasteiger partial charge on any atom is 0.340 e. The van der Waals surface area contributed by atoms with Gasteiger partial charge in [0.2, 0.25) is 0 Å². The minimum Gasteiger partial charge on any atom is -0.452 e. The fraction of sp³-hybridized carbons (Fsp3) is 0.476. The smallest absolute Gasteiger partial charge is 0.340 e. The lowest BCUT2D eigenvalue weighted by atomic mass is 10.00. The van der Waals surface area contributed by atoms with E-state index in [0.29, 0.717) is 11.3 Å². The van der Waals surface area contributed by atoms with Gasteiger partial charge in [-0.1, -0.05) is 25.1 Å². The number of aromatic nitrogens is 1. The number of rotatable bonds is 4. The van der Waals surface area contributed by atoms with Crippen molar-refractivity contribution in [3.05, 3.63) is 41.1 Å². The van der Waals surface area contributed by atoms with Gasteiger partial charge >= 0.3 is 5.97 Å². The zero-order chi connectivity index (χ0) is 18.7. The third-order valence-corrected chi connectivity index (χ3v) is 5.28. The van der Waals surface area contributed by atoms with Crippen LogP contribution in [0.2, 0.25) is 0 Å². The van der Waals surface area contributed by atoms with E-state index in [-0.39, 0.29) is 18.6 Å². The molecule has 1 fully saturated rings. The van der Waals surface area contributed by atoms with Crippen molar-refractivity contribution in [3.63, 3.8) is 0 Å². The number of para-hydroxylation sites is 1. The van der Waals surface area contributed by atoms with Crippen LogP contribution in [0.5, 0.6) is 0 Å². The molecule has 5 nitrogen and oxygen atoms in total. The average Bonchev–Trinajstić information content (AvgIpc) is 2.66. The minimum atomic E-state index is -0.475. The first-order chi connectivity index (χ1) is 12.5. The van der Waals surface area contributed by atoms with Crippen molar-refractivity contribution in [3.8, 4) is 0 Å². The van der Waals surface area contributed by atoms with Crippen LogP contribution in [-0.2, 0) is 9.53 Å². The van der Waals surface area contributed by atoms with Crippen LogP contribution in [0, 0.1) is 13.8 Å². The third kappa shape index (κ3) is 3.57. The van der Waals surface area contributed by atoms with E-state index in [2.05, 4.69) is 11.9 Å². The number of hydrogen-bond donors (Lipinski definition) is 0. The Hall–Kier alpha value is -2.43. The topological polar surface area (TPSA) is 59.5 Å². The highest BCUT2D eigenvalue weighted by atomic mass is 16.5. The molecule has 5 heteroatoms. The number of amides is 1. The fourth-order valence-corrected chi connectivity index (χ4v) is 3.87. The van der Waals surface area contributed by atoms with E-state index in [0.717, 1.165) is 48.7 Å². The zero-order valence-electron chi connectivity index (χ0n) is 15.7. The number of aryl methyl sites for hydroxylation is 2. The largest absolute Gasteiger partial charge is 0.452 e. The summed E-state index contributed by atoms with van der Waals surface area (Å²) in [5.41, 5.74) is 2.79. The maximum atomic E-state index is 12.6. The standard InChI is InChI=1S/C21H26N2O3/c1-4-16-9-7-8-12-23(16)19(24)13-26-21(25)20-14(2)17-10-5-6-11-18(17)22-15(20)3/h5-6,10-11,16H,4,7-9,12-13H2,1-3H3/t16-/m0/s1. The van der Waals surface area contributed by atoms with E-state index in [9.17, 15) is 9.59 Å². The molecular weight excluding hydrogens is 328 g/mol. The molecule has 0 radical (unpaired) electrons. The van der Waals surface area contributed by atoms with Gasteiger partial charge in [0, 0.05) is 18.0 Å². The molecule has 0 saturated carbocycles. The molecule has 3 rings (SSSR count). The van der Waals surface area contributed by atoms with E-state index >= 15 is 0 Å². The summed E-state index contributed by atoms with van der Waals surface area (Å²) in [4.78, 5) is 31.5. The van der Waals surface area contributed by atoms with Crippen molar-refractivity contribution < 1.29 is 14.3 Å². The van der Waals surface area contributed by atoms with Crippen LogP contribution in [0.15, 0.2) is 24.3 Å². The number of ether oxygens (including phenoxy) is 1. The van der Waals surface area contributed by atoms with Crippen LogP contribution >= 0.6 is 0 Å². The van der Waals surface area contributed by atoms with Gasteiger partial charge in [-0.3, -0.25) is 9.78 Å². The molecule has 1 aromatic carbocycles. The lowest BCUT2D eigenvalue weighted by Gasteiger charge is -2.35. The van der Waals surface area contributed by atoms with E-state index < -0.39 is 5.97 Å². The van der Waals surface area contributed by atoms with E-state index in [1.165, 1.54) is 0 Å². The Bertz CT molecular complexity index is 831. The Morgan fingerprint density at radius 2 is 2.00 bits per heavy atom. The van der Waals surface area contributed by atoms with Crippen LogP contribution < -0.4 is 0 Å². The average molecular weight is 354 g/mol. The lowest BCUT2D eigenvalue weighted by molar-refractivity contribution is -0.138. The van der Waals surface area contributed by atoms with Gasteiger partial charge < -0.3 is 9.64 Å². The highest BCUT2D eigenvalue weighted by molar-refractivity contribution is 5.99. The number of piperidine rings is 1. The highest BCUT2D eigenvalue weighted by Crippen LogP contribution is 2.23. The highest BCUT2D eigenvalue weighted by Gasteiger charge is 2.26. The Morgan fingerprint density at radius 1 is 1.23 bits per heavy atom. The number of hydrogen-bond acceptors (Lipinski definition) is 4. The summed E-state index contributed by atoms with van der Waals surface area (Å²) in [5.74, 6) is -0.578. The number of carbonyl (C=O) groups is 2. The van der Waals surface area contributed by atoms with E-state index in [4.69, 9.17) is 4.74 Å². The van der Waals surface area contributed by atoms with Gasteiger partial charge in [-0.05, 0) is 51.2 Å². The summed E-state index contributed by atoms with van der Waals surface area (Å²) >= 11 is 0. The molecule has 26 heavy (non-hydrogen) atoms. The van der Waals surface area contributed by atoms with Crippen molar-refractivity contribution in [2.75, 3.05) is 13.2 Å². The van der Waals surface area contributed by atoms with Crippen LogP contribution in [-0.4, -0.2) is 41.0 Å². The summed E-state index contributed by atoms with van der Waals surface area (Å²) in [6.45, 7) is 6.34. The first-order valence-electron chi connectivity index (χ1n) is 9.35. The summed E-state index contributed by atoms with van der Waals surface area (Å²) in [7, 11) is 0. The number of likely N-dealkylation sites (tertiary alicyclic amines) is 1. The van der Waals surface area contributed by atoms with E-state index in [1.807, 2.05) is 36.1 Å². The zero-order valence-corrected chi connectivity index (χ0v) is 15.7. The number of fused-ring (bicyclic) bond motifs is 1. The molecule has 1 aromatic heterocycles. The molecular formula is C21H26N2O3. The SMILES string of the molecule is CC[C@H]1CCCCN1C(=O)COC(=O)c1c(C)nc2ccccc2c1C. The van der Waals surface area contributed by atoms with Gasteiger partial charge in [0.1, 0.15) is 0 Å². The molecule has 1 aliphatic heterocycles. The minimum absolute atomic E-state index is 0.103. The molecule has 0 aliphatic carbocycles. The first-order valence-corrected chi connectivity index (χ1v) is 9.35. The Kier molecular flexibility index (Phi) is 5.55. The molecule has 138 valence electrons. The van der Waals surface area contributed by atoms with Crippen LogP contribution in [0.25, 0.3) is 10.9 Å². The molecule has 1 atom stereocenters. The second-order valence-corrected chi connectivity index (χ2v) is 6.94. The summed E-state index contributed by atoms with van der Waals surface area (Å²) in [5, 5.41) is 0.929. The molecule has 0 bridgehead atoms. The van der Waals surface area contributed by atoms with Crippen molar-refractivity contribution in [2.45, 2.75) is 52.5 Å². The predicted molar refractivity (Wildman–Crippen MR) is 101 cm³/mol. The van der Waals surface area contributed by atoms with Gasteiger partial charge in [0.25, 0.3) is 5.91 Å². The Balaban J connectivity index is 1.74. The van der Waals surface area contributed by atoms with Crippen molar-refractivity contribution >= 4 is 22.8 Å². The normalized spacial score (nSPS) is 17.3. The van der Waals surface area contributed by atoms with Gasteiger partial charge in [0.15, 0.2) is 6.61 Å². The Labute approximate surface area is 154 Å². The number of benzene rings is 1. The monoisotopic (exact) mass is 354 g/mol. The van der Waals surface area contributed by atoms with Gasteiger partial charge in [-0.25, -0.2) is 4.79 Å². The van der Waals surface area contributed by atoms with E-state index in [1.54, 1.807) is 6.92 Å². The van der Waals surface area contributed by atoms with Gasteiger partial charge in [0.05, 0.1) is 16.8 Å². The van der Waals surface area contributed by atoms with Crippen molar-refractivity contribution in [1.29, 1.82) is 0 Å². The summed E-state index contributed by atoms with van der Waals surface area (Å²) < 4.78 is 5.38. The Morgan fingerprint density at radius 3 is 2.77 bits per heavy atom. The number of esters is 1. The molecule has 1 aliphatic rings.